The molecule has 176 valence electrons. The van der Waals surface area contributed by atoms with Gasteiger partial charge in [-0.15, -0.1) is 24.0 Å². The summed E-state index contributed by atoms with van der Waals surface area (Å²) >= 11 is 0. The summed E-state index contributed by atoms with van der Waals surface area (Å²) < 4.78 is 11.4. The smallest absolute Gasteiger partial charge is 0.191 e. The summed E-state index contributed by atoms with van der Waals surface area (Å²) in [5.41, 5.74) is 2.17. The molecular formula is C25H36IN3O3. The zero-order valence-electron chi connectivity index (χ0n) is 19.0. The molecule has 1 atom stereocenters. The second-order valence-corrected chi connectivity index (χ2v) is 8.13. The van der Waals surface area contributed by atoms with Crippen molar-refractivity contribution in [2.75, 3.05) is 26.3 Å². The van der Waals surface area contributed by atoms with Gasteiger partial charge in [0.15, 0.2) is 5.96 Å². The summed E-state index contributed by atoms with van der Waals surface area (Å²) in [5.74, 6) is 0.683. The molecule has 32 heavy (non-hydrogen) atoms. The normalized spacial score (nSPS) is 16.7. The number of rotatable bonds is 9. The van der Waals surface area contributed by atoms with Crippen molar-refractivity contribution >= 4 is 29.9 Å². The van der Waals surface area contributed by atoms with Crippen molar-refractivity contribution in [3.05, 3.63) is 71.3 Å². The fourth-order valence-corrected chi connectivity index (χ4v) is 3.54. The van der Waals surface area contributed by atoms with E-state index < -0.39 is 5.60 Å². The van der Waals surface area contributed by atoms with Gasteiger partial charge >= 0.3 is 0 Å². The molecule has 1 aliphatic rings. The highest BCUT2D eigenvalue weighted by Crippen LogP contribution is 2.19. The topological polar surface area (TPSA) is 75.1 Å². The lowest BCUT2D eigenvalue weighted by Gasteiger charge is -2.25. The van der Waals surface area contributed by atoms with Gasteiger partial charge in [-0.05, 0) is 43.4 Å². The Labute approximate surface area is 208 Å². The van der Waals surface area contributed by atoms with E-state index in [1.165, 1.54) is 0 Å². The van der Waals surface area contributed by atoms with Crippen LogP contribution in [0.2, 0.25) is 0 Å². The maximum Gasteiger partial charge on any atom is 0.191 e. The van der Waals surface area contributed by atoms with Gasteiger partial charge < -0.3 is 25.2 Å². The maximum atomic E-state index is 10.8. The molecule has 6 nitrogen and oxygen atoms in total. The third-order valence-electron chi connectivity index (χ3n) is 5.41. The number of aliphatic hydroxyl groups is 1. The van der Waals surface area contributed by atoms with Crippen LogP contribution >= 0.6 is 24.0 Å². The summed E-state index contributed by atoms with van der Waals surface area (Å²) in [6.07, 6.45) is 2.22. The Hall–Kier alpha value is -1.68. The quantitative estimate of drug-likeness (QED) is 0.249. The highest BCUT2D eigenvalue weighted by atomic mass is 127. The lowest BCUT2D eigenvalue weighted by atomic mass is 9.96. The van der Waals surface area contributed by atoms with E-state index >= 15 is 0 Å². The monoisotopic (exact) mass is 553 g/mol. The second-order valence-electron chi connectivity index (χ2n) is 8.13. The molecule has 0 radical (unpaired) electrons. The van der Waals surface area contributed by atoms with Crippen LogP contribution in [0.3, 0.4) is 0 Å². The van der Waals surface area contributed by atoms with Crippen LogP contribution in [0.4, 0.5) is 0 Å². The molecule has 3 N–H and O–H groups in total. The molecular weight excluding hydrogens is 517 g/mol. The Kier molecular flexibility index (Phi) is 11.4. The highest BCUT2D eigenvalue weighted by Gasteiger charge is 2.23. The van der Waals surface area contributed by atoms with Gasteiger partial charge in [0.1, 0.15) is 5.60 Å². The number of halogens is 1. The van der Waals surface area contributed by atoms with Crippen molar-refractivity contribution in [1.82, 2.24) is 10.6 Å². The minimum absolute atomic E-state index is 0. The molecule has 1 heterocycles. The lowest BCUT2D eigenvalue weighted by Crippen LogP contribution is -2.44. The third kappa shape index (κ3) is 8.69. The van der Waals surface area contributed by atoms with Crippen molar-refractivity contribution in [2.24, 2.45) is 4.99 Å². The van der Waals surface area contributed by atoms with Crippen molar-refractivity contribution in [3.8, 4) is 0 Å². The first-order chi connectivity index (χ1) is 15.1. The van der Waals surface area contributed by atoms with Gasteiger partial charge in [-0.3, -0.25) is 0 Å². The Morgan fingerprint density at radius 3 is 2.53 bits per heavy atom. The minimum Gasteiger partial charge on any atom is -0.384 e. The number of hydrogen-bond acceptors (Lipinski definition) is 4. The van der Waals surface area contributed by atoms with Crippen LogP contribution in [0, 0.1) is 0 Å². The Morgan fingerprint density at radius 1 is 1.09 bits per heavy atom. The average molecular weight is 553 g/mol. The van der Waals surface area contributed by atoms with Crippen molar-refractivity contribution in [1.29, 1.82) is 0 Å². The largest absolute Gasteiger partial charge is 0.384 e. The molecule has 2 aromatic carbocycles. The Morgan fingerprint density at radius 2 is 1.81 bits per heavy atom. The van der Waals surface area contributed by atoms with Crippen molar-refractivity contribution < 1.29 is 14.6 Å². The zero-order valence-corrected chi connectivity index (χ0v) is 21.4. The fraction of sp³-hybridized carbons (Fsp3) is 0.480. The SMILES string of the molecule is CCNC(=NCc1cccc(COC2CCOCC2)c1)NCC(C)(O)c1ccccc1.I. The van der Waals surface area contributed by atoms with E-state index in [-0.39, 0.29) is 30.1 Å². The predicted octanol–water partition coefficient (Wildman–Crippen LogP) is 3.96. The molecule has 1 fully saturated rings. The number of guanidine groups is 1. The van der Waals surface area contributed by atoms with Crippen molar-refractivity contribution in [2.45, 2.75) is 51.5 Å². The van der Waals surface area contributed by atoms with Crippen LogP contribution in [0.5, 0.6) is 0 Å². The minimum atomic E-state index is -0.987. The molecule has 0 bridgehead atoms. The number of ether oxygens (including phenoxy) is 2. The summed E-state index contributed by atoms with van der Waals surface area (Å²) in [5, 5.41) is 17.3. The zero-order chi connectivity index (χ0) is 21.9. The van der Waals surface area contributed by atoms with Crippen LogP contribution in [-0.2, 0) is 28.2 Å². The number of nitrogens with one attached hydrogen (secondary N) is 2. The number of aliphatic imine (C=N–C) groups is 1. The average Bonchev–Trinajstić information content (AvgIpc) is 2.81. The summed E-state index contributed by atoms with van der Waals surface area (Å²) in [7, 11) is 0. The second kappa shape index (κ2) is 13.8. The van der Waals surface area contributed by atoms with E-state index in [0.29, 0.717) is 25.7 Å². The van der Waals surface area contributed by atoms with E-state index in [2.05, 4.69) is 28.8 Å². The molecule has 2 aromatic rings. The molecule has 1 unspecified atom stereocenters. The van der Waals surface area contributed by atoms with Crippen LogP contribution in [0.25, 0.3) is 0 Å². The van der Waals surface area contributed by atoms with Crippen LogP contribution in [0.15, 0.2) is 59.6 Å². The molecule has 1 aliphatic heterocycles. The fourth-order valence-electron chi connectivity index (χ4n) is 3.54. The van der Waals surface area contributed by atoms with Gasteiger partial charge in [0.25, 0.3) is 0 Å². The van der Waals surface area contributed by atoms with E-state index in [1.54, 1.807) is 6.92 Å². The van der Waals surface area contributed by atoms with Crippen molar-refractivity contribution in [3.63, 3.8) is 0 Å². The van der Waals surface area contributed by atoms with Crippen LogP contribution < -0.4 is 10.6 Å². The van der Waals surface area contributed by atoms with E-state index in [4.69, 9.17) is 14.5 Å². The first-order valence-corrected chi connectivity index (χ1v) is 11.1. The van der Waals surface area contributed by atoms with E-state index in [1.807, 2.05) is 43.3 Å². The lowest BCUT2D eigenvalue weighted by molar-refractivity contribution is -0.0390. The molecule has 7 heteroatoms. The van der Waals surface area contributed by atoms with Gasteiger partial charge in [-0.25, -0.2) is 4.99 Å². The van der Waals surface area contributed by atoms with Gasteiger partial charge in [0, 0.05) is 19.8 Å². The predicted molar refractivity (Wildman–Crippen MR) is 139 cm³/mol. The van der Waals surface area contributed by atoms with Crippen LogP contribution in [0.1, 0.15) is 43.4 Å². The van der Waals surface area contributed by atoms with E-state index in [9.17, 15) is 5.11 Å². The Bertz CT molecular complexity index is 824. The number of nitrogens with zero attached hydrogens (tertiary/aromatic N) is 1. The molecule has 3 rings (SSSR count). The molecule has 0 amide bonds. The Balaban J connectivity index is 0.00000363. The molecule has 0 saturated carbocycles. The number of benzene rings is 2. The van der Waals surface area contributed by atoms with E-state index in [0.717, 1.165) is 49.3 Å². The molecule has 0 spiro atoms. The highest BCUT2D eigenvalue weighted by molar-refractivity contribution is 14.0. The third-order valence-corrected chi connectivity index (χ3v) is 5.41. The molecule has 0 aliphatic carbocycles. The summed E-state index contributed by atoms with van der Waals surface area (Å²) in [6.45, 7) is 7.68. The molecule has 1 saturated heterocycles. The molecule has 0 aromatic heterocycles. The summed E-state index contributed by atoms with van der Waals surface area (Å²) in [4.78, 5) is 4.70. The van der Waals surface area contributed by atoms with Gasteiger partial charge in [0.2, 0.25) is 0 Å². The summed E-state index contributed by atoms with van der Waals surface area (Å²) in [6, 6.07) is 18.0. The standard InChI is InChI=1S/C25H35N3O3.HI/c1-3-26-24(28-19-25(2,29)22-10-5-4-6-11-22)27-17-20-8-7-9-21(16-20)18-31-23-12-14-30-15-13-23;/h4-11,16,23,29H,3,12-15,17-19H2,1-2H3,(H2,26,27,28);1H. The first kappa shape index (κ1) is 26.6. The van der Waals surface area contributed by atoms with Gasteiger partial charge in [0.05, 0.1) is 25.8 Å². The van der Waals surface area contributed by atoms with Crippen LogP contribution in [-0.4, -0.2) is 43.5 Å². The number of hydrogen-bond donors (Lipinski definition) is 3. The van der Waals surface area contributed by atoms with Gasteiger partial charge in [-0.2, -0.15) is 0 Å². The van der Waals surface area contributed by atoms with Gasteiger partial charge in [-0.1, -0.05) is 54.6 Å². The first-order valence-electron chi connectivity index (χ1n) is 11.1. The maximum absolute atomic E-state index is 10.8.